The summed E-state index contributed by atoms with van der Waals surface area (Å²) >= 11 is 5.66. The molecular formula is C6H12ClN. The third-order valence-electron chi connectivity index (χ3n) is 0.828. The summed E-state index contributed by atoms with van der Waals surface area (Å²) in [6.45, 7) is 2.64. The topological polar surface area (TPSA) is 26.0 Å². The average molecular weight is 134 g/mol. The predicted molar refractivity (Wildman–Crippen MR) is 37.9 cm³/mol. The first kappa shape index (κ1) is 7.99. The standard InChI is InChI=1S/C6H12ClN/c1-2-3-6(7)4-5-8/h4H,2-3,5,8H2,1H3/b6-4-. The number of halogens is 1. The normalized spacial score (nSPS) is 12.1. The Labute approximate surface area is 55.5 Å². The minimum atomic E-state index is 0.554. The van der Waals surface area contributed by atoms with Crippen molar-refractivity contribution in [3.05, 3.63) is 11.1 Å². The summed E-state index contributed by atoms with van der Waals surface area (Å²) in [6.07, 6.45) is 3.89. The van der Waals surface area contributed by atoms with Crippen molar-refractivity contribution in [3.63, 3.8) is 0 Å². The maximum Gasteiger partial charge on any atom is 0.0153 e. The molecule has 2 heteroatoms. The van der Waals surface area contributed by atoms with E-state index in [0.29, 0.717) is 6.54 Å². The van der Waals surface area contributed by atoms with Gasteiger partial charge in [-0.1, -0.05) is 31.0 Å². The van der Waals surface area contributed by atoms with Crippen molar-refractivity contribution < 1.29 is 0 Å². The molecule has 0 atom stereocenters. The van der Waals surface area contributed by atoms with Gasteiger partial charge in [-0.3, -0.25) is 0 Å². The molecule has 0 aromatic heterocycles. The van der Waals surface area contributed by atoms with E-state index >= 15 is 0 Å². The lowest BCUT2D eigenvalue weighted by atomic mass is 10.3. The number of hydrogen-bond donors (Lipinski definition) is 1. The van der Waals surface area contributed by atoms with Crippen LogP contribution in [0.2, 0.25) is 0 Å². The highest BCUT2D eigenvalue weighted by molar-refractivity contribution is 6.29. The minimum Gasteiger partial charge on any atom is -0.327 e. The van der Waals surface area contributed by atoms with Crippen LogP contribution in [-0.4, -0.2) is 6.54 Å². The second kappa shape index (κ2) is 5.13. The highest BCUT2D eigenvalue weighted by Gasteiger charge is 1.85. The molecule has 48 valence electrons. The van der Waals surface area contributed by atoms with Crippen molar-refractivity contribution in [2.24, 2.45) is 5.73 Å². The SMILES string of the molecule is CCC/C(Cl)=C/CN. The lowest BCUT2D eigenvalue weighted by Crippen LogP contribution is -1.93. The molecule has 0 aromatic carbocycles. The molecule has 0 spiro atoms. The molecule has 0 heterocycles. The Morgan fingerprint density at radius 2 is 2.38 bits per heavy atom. The lowest BCUT2D eigenvalue weighted by Gasteiger charge is -1.90. The van der Waals surface area contributed by atoms with Gasteiger partial charge in [-0.2, -0.15) is 0 Å². The fraction of sp³-hybridized carbons (Fsp3) is 0.667. The molecule has 0 rings (SSSR count). The molecular weight excluding hydrogens is 122 g/mol. The Morgan fingerprint density at radius 3 is 2.75 bits per heavy atom. The summed E-state index contributed by atoms with van der Waals surface area (Å²) in [5.74, 6) is 0. The van der Waals surface area contributed by atoms with E-state index in [0.717, 1.165) is 17.9 Å². The minimum absolute atomic E-state index is 0.554. The van der Waals surface area contributed by atoms with Gasteiger partial charge in [0.1, 0.15) is 0 Å². The molecule has 2 N–H and O–H groups in total. The van der Waals surface area contributed by atoms with Crippen LogP contribution in [0.4, 0.5) is 0 Å². The molecule has 0 radical (unpaired) electrons. The van der Waals surface area contributed by atoms with E-state index < -0.39 is 0 Å². The van der Waals surface area contributed by atoms with E-state index in [9.17, 15) is 0 Å². The molecule has 0 saturated heterocycles. The van der Waals surface area contributed by atoms with E-state index in [1.165, 1.54) is 0 Å². The van der Waals surface area contributed by atoms with Gasteiger partial charge in [0, 0.05) is 11.6 Å². The summed E-state index contributed by atoms with van der Waals surface area (Å²) in [5.41, 5.74) is 5.20. The average Bonchev–Trinajstić information content (AvgIpc) is 1.68. The van der Waals surface area contributed by atoms with Crippen LogP contribution < -0.4 is 5.73 Å². The van der Waals surface area contributed by atoms with Crippen LogP contribution in [-0.2, 0) is 0 Å². The lowest BCUT2D eigenvalue weighted by molar-refractivity contribution is 0.939. The van der Waals surface area contributed by atoms with Gasteiger partial charge >= 0.3 is 0 Å². The maximum atomic E-state index is 5.66. The first-order valence-corrected chi connectivity index (χ1v) is 3.23. The van der Waals surface area contributed by atoms with Crippen LogP contribution in [0.1, 0.15) is 19.8 Å². The summed E-state index contributed by atoms with van der Waals surface area (Å²) < 4.78 is 0. The molecule has 0 aliphatic heterocycles. The Kier molecular flexibility index (Phi) is 5.13. The Hall–Kier alpha value is -0.0100. The smallest absolute Gasteiger partial charge is 0.0153 e. The van der Waals surface area contributed by atoms with Crippen molar-refractivity contribution in [3.8, 4) is 0 Å². The Morgan fingerprint density at radius 1 is 1.75 bits per heavy atom. The van der Waals surface area contributed by atoms with Gasteiger partial charge in [-0.05, 0) is 6.42 Å². The van der Waals surface area contributed by atoms with Crippen molar-refractivity contribution in [2.45, 2.75) is 19.8 Å². The van der Waals surface area contributed by atoms with Crippen molar-refractivity contribution in [1.82, 2.24) is 0 Å². The summed E-state index contributed by atoms with van der Waals surface area (Å²) in [6, 6.07) is 0. The summed E-state index contributed by atoms with van der Waals surface area (Å²) in [5, 5.41) is 0.884. The van der Waals surface area contributed by atoms with Gasteiger partial charge in [0.2, 0.25) is 0 Å². The van der Waals surface area contributed by atoms with Crippen LogP contribution in [0.15, 0.2) is 11.1 Å². The monoisotopic (exact) mass is 133 g/mol. The van der Waals surface area contributed by atoms with E-state index in [1.807, 2.05) is 6.08 Å². The zero-order chi connectivity index (χ0) is 6.41. The molecule has 0 bridgehead atoms. The molecule has 8 heavy (non-hydrogen) atoms. The van der Waals surface area contributed by atoms with Gasteiger partial charge in [0.15, 0.2) is 0 Å². The van der Waals surface area contributed by atoms with Gasteiger partial charge < -0.3 is 5.73 Å². The van der Waals surface area contributed by atoms with Crippen molar-refractivity contribution >= 4 is 11.6 Å². The van der Waals surface area contributed by atoms with E-state index in [2.05, 4.69) is 6.92 Å². The third-order valence-corrected chi connectivity index (χ3v) is 1.17. The summed E-state index contributed by atoms with van der Waals surface area (Å²) in [4.78, 5) is 0. The van der Waals surface area contributed by atoms with Crippen molar-refractivity contribution in [1.29, 1.82) is 0 Å². The first-order chi connectivity index (χ1) is 3.81. The third kappa shape index (κ3) is 4.16. The second-order valence-electron chi connectivity index (χ2n) is 1.64. The highest BCUT2D eigenvalue weighted by Crippen LogP contribution is 2.07. The molecule has 1 nitrogen and oxygen atoms in total. The van der Waals surface area contributed by atoms with Crippen LogP contribution in [0.5, 0.6) is 0 Å². The number of nitrogens with two attached hydrogens (primary N) is 1. The van der Waals surface area contributed by atoms with Crippen molar-refractivity contribution in [2.75, 3.05) is 6.54 Å². The van der Waals surface area contributed by atoms with E-state index in [-0.39, 0.29) is 0 Å². The van der Waals surface area contributed by atoms with E-state index in [1.54, 1.807) is 0 Å². The van der Waals surface area contributed by atoms with Gasteiger partial charge in [0.05, 0.1) is 0 Å². The summed E-state index contributed by atoms with van der Waals surface area (Å²) in [7, 11) is 0. The first-order valence-electron chi connectivity index (χ1n) is 2.85. The van der Waals surface area contributed by atoms with Crippen LogP contribution in [0, 0.1) is 0 Å². The number of allylic oxidation sites excluding steroid dienone is 1. The van der Waals surface area contributed by atoms with Crippen LogP contribution in [0.25, 0.3) is 0 Å². The van der Waals surface area contributed by atoms with E-state index in [4.69, 9.17) is 17.3 Å². The quantitative estimate of drug-likeness (QED) is 0.625. The molecule has 0 amide bonds. The number of rotatable bonds is 3. The van der Waals surface area contributed by atoms with Gasteiger partial charge in [-0.25, -0.2) is 0 Å². The predicted octanol–water partition coefficient (Wildman–Crippen LogP) is 1.87. The molecule has 0 saturated carbocycles. The molecule has 0 fully saturated rings. The molecule has 0 unspecified atom stereocenters. The molecule has 0 aliphatic rings. The number of hydrogen-bond acceptors (Lipinski definition) is 1. The molecule has 0 aliphatic carbocycles. The van der Waals surface area contributed by atoms with Gasteiger partial charge in [0.25, 0.3) is 0 Å². The Bertz CT molecular complexity index is 78.6. The molecule has 0 aromatic rings. The maximum absolute atomic E-state index is 5.66. The van der Waals surface area contributed by atoms with Crippen LogP contribution >= 0.6 is 11.6 Å². The second-order valence-corrected chi connectivity index (χ2v) is 2.12. The fourth-order valence-corrected chi connectivity index (χ4v) is 0.747. The van der Waals surface area contributed by atoms with Gasteiger partial charge in [-0.15, -0.1) is 0 Å². The zero-order valence-electron chi connectivity index (χ0n) is 5.15. The largest absolute Gasteiger partial charge is 0.327 e. The fourth-order valence-electron chi connectivity index (χ4n) is 0.469. The zero-order valence-corrected chi connectivity index (χ0v) is 5.91. The Balaban J connectivity index is 3.29. The highest BCUT2D eigenvalue weighted by atomic mass is 35.5. The van der Waals surface area contributed by atoms with Crippen LogP contribution in [0.3, 0.4) is 0 Å².